The van der Waals surface area contributed by atoms with E-state index in [4.69, 9.17) is 14.2 Å². The Kier molecular flexibility index (Phi) is 7.59. The van der Waals surface area contributed by atoms with Gasteiger partial charge in [0.25, 0.3) is 11.8 Å². The summed E-state index contributed by atoms with van der Waals surface area (Å²) in [5.74, 6) is -1.23. The van der Waals surface area contributed by atoms with Gasteiger partial charge in [0.1, 0.15) is 5.82 Å². The van der Waals surface area contributed by atoms with Gasteiger partial charge in [-0.3, -0.25) is 14.5 Å². The Balaban J connectivity index is 1.68. The number of nitrogens with zero attached hydrogens (tertiary/aromatic N) is 1. The lowest BCUT2D eigenvalue weighted by Gasteiger charge is -2.22. The molecule has 8 heteroatoms. The Bertz CT molecular complexity index is 1020. The Labute approximate surface area is 185 Å². The van der Waals surface area contributed by atoms with Crippen LogP contribution in [0.15, 0.2) is 48.5 Å². The van der Waals surface area contributed by atoms with Crippen LogP contribution < -0.4 is 9.47 Å². The number of likely N-dealkylation sites (tertiary alicyclic amines) is 1. The fraction of sp³-hybridized carbons (Fsp3) is 0.292. The minimum atomic E-state index is -1.07. The Morgan fingerprint density at radius 1 is 1.03 bits per heavy atom. The SMILES string of the molecule is COc1ccc(/C=C/C(=O)OC2CCCCN(C(=O)c3ccc(F)cc3)C2=O)cc1OC. The van der Waals surface area contributed by atoms with E-state index in [1.165, 1.54) is 38.5 Å². The molecule has 2 aromatic carbocycles. The van der Waals surface area contributed by atoms with Gasteiger partial charge in [0, 0.05) is 18.2 Å². The summed E-state index contributed by atoms with van der Waals surface area (Å²) in [4.78, 5) is 39.0. The lowest BCUT2D eigenvalue weighted by Crippen LogP contribution is -2.43. The van der Waals surface area contributed by atoms with Gasteiger partial charge in [-0.2, -0.15) is 0 Å². The van der Waals surface area contributed by atoms with Gasteiger partial charge in [0.05, 0.1) is 14.2 Å². The van der Waals surface area contributed by atoms with E-state index < -0.39 is 29.7 Å². The average Bonchev–Trinajstić information content (AvgIpc) is 2.98. The number of hydrogen-bond donors (Lipinski definition) is 0. The maximum absolute atomic E-state index is 13.1. The van der Waals surface area contributed by atoms with Crippen molar-refractivity contribution in [3.63, 3.8) is 0 Å². The van der Waals surface area contributed by atoms with Crippen molar-refractivity contribution in [1.29, 1.82) is 0 Å². The van der Waals surface area contributed by atoms with Gasteiger partial charge in [-0.15, -0.1) is 0 Å². The highest BCUT2D eigenvalue weighted by molar-refractivity contribution is 6.06. The number of methoxy groups -OCH3 is 2. The molecule has 1 unspecified atom stereocenters. The largest absolute Gasteiger partial charge is 0.493 e. The zero-order valence-electron chi connectivity index (χ0n) is 17.9. The van der Waals surface area contributed by atoms with E-state index in [0.717, 1.165) is 17.0 Å². The third-order valence-electron chi connectivity index (χ3n) is 5.05. The van der Waals surface area contributed by atoms with E-state index in [2.05, 4.69) is 0 Å². The quantitative estimate of drug-likeness (QED) is 0.387. The molecular formula is C24H24FNO6. The van der Waals surface area contributed by atoms with Gasteiger partial charge in [-0.25, -0.2) is 9.18 Å². The van der Waals surface area contributed by atoms with E-state index in [1.54, 1.807) is 18.2 Å². The monoisotopic (exact) mass is 441 g/mol. The molecule has 1 saturated heterocycles. The van der Waals surface area contributed by atoms with Crippen molar-refractivity contribution in [3.05, 3.63) is 65.5 Å². The zero-order chi connectivity index (χ0) is 23.1. The van der Waals surface area contributed by atoms with Crippen molar-refractivity contribution in [2.75, 3.05) is 20.8 Å². The first-order chi connectivity index (χ1) is 15.4. The van der Waals surface area contributed by atoms with Gasteiger partial charge in [0.2, 0.25) is 0 Å². The summed E-state index contributed by atoms with van der Waals surface area (Å²) in [5, 5.41) is 0. The van der Waals surface area contributed by atoms with Gasteiger partial charge in [-0.05, 0) is 67.3 Å². The highest BCUT2D eigenvalue weighted by Crippen LogP contribution is 2.28. The lowest BCUT2D eigenvalue weighted by atomic mass is 10.1. The van der Waals surface area contributed by atoms with Gasteiger partial charge >= 0.3 is 5.97 Å². The maximum Gasteiger partial charge on any atom is 0.331 e. The van der Waals surface area contributed by atoms with Crippen LogP contribution in [-0.4, -0.2) is 49.6 Å². The number of carbonyl (C=O) groups excluding carboxylic acids is 3. The fourth-order valence-corrected chi connectivity index (χ4v) is 3.37. The average molecular weight is 441 g/mol. The summed E-state index contributed by atoms with van der Waals surface area (Å²) < 4.78 is 28.9. The molecule has 1 aliphatic rings. The zero-order valence-corrected chi connectivity index (χ0v) is 17.9. The summed E-state index contributed by atoms with van der Waals surface area (Å²) in [6, 6.07) is 10.1. The molecule has 0 bridgehead atoms. The third kappa shape index (κ3) is 5.51. The van der Waals surface area contributed by atoms with E-state index >= 15 is 0 Å². The summed E-state index contributed by atoms with van der Waals surface area (Å²) in [6.45, 7) is 0.213. The van der Waals surface area contributed by atoms with Gasteiger partial charge < -0.3 is 14.2 Å². The predicted molar refractivity (Wildman–Crippen MR) is 115 cm³/mol. The number of imide groups is 1. The highest BCUT2D eigenvalue weighted by atomic mass is 19.1. The second-order valence-corrected chi connectivity index (χ2v) is 7.17. The number of benzene rings is 2. The number of rotatable bonds is 6. The molecule has 0 spiro atoms. The summed E-state index contributed by atoms with van der Waals surface area (Å²) in [5.41, 5.74) is 0.875. The molecule has 7 nitrogen and oxygen atoms in total. The second kappa shape index (κ2) is 10.6. The maximum atomic E-state index is 13.1. The van der Waals surface area contributed by atoms with Crippen LogP contribution in [0.4, 0.5) is 4.39 Å². The first kappa shape index (κ1) is 23.0. The van der Waals surface area contributed by atoms with Gasteiger partial charge in [0.15, 0.2) is 17.6 Å². The van der Waals surface area contributed by atoms with E-state index in [1.807, 2.05) is 0 Å². The molecule has 3 rings (SSSR count). The molecule has 1 aliphatic heterocycles. The lowest BCUT2D eigenvalue weighted by molar-refractivity contribution is -0.154. The minimum absolute atomic E-state index is 0.195. The number of esters is 1. The smallest absolute Gasteiger partial charge is 0.331 e. The summed E-state index contributed by atoms with van der Waals surface area (Å²) in [6.07, 6.45) is 3.22. The molecule has 1 atom stereocenters. The molecule has 32 heavy (non-hydrogen) atoms. The second-order valence-electron chi connectivity index (χ2n) is 7.17. The molecular weight excluding hydrogens is 417 g/mol. The van der Waals surface area contributed by atoms with E-state index in [0.29, 0.717) is 36.3 Å². The Hall–Kier alpha value is -3.68. The standard InChI is InChI=1S/C24H24FNO6/c1-30-19-12-6-16(15-21(19)31-2)7-13-22(27)32-20-5-3-4-14-26(24(20)29)23(28)17-8-10-18(25)11-9-17/h6-13,15,20H,3-5,14H2,1-2H3/b13-7+. The van der Waals surface area contributed by atoms with Crippen LogP contribution in [0.25, 0.3) is 6.08 Å². The van der Waals surface area contributed by atoms with Crippen molar-refractivity contribution < 1.29 is 33.0 Å². The van der Waals surface area contributed by atoms with Crippen LogP contribution in [-0.2, 0) is 14.3 Å². The van der Waals surface area contributed by atoms with Crippen LogP contribution in [0.2, 0.25) is 0 Å². The van der Waals surface area contributed by atoms with Crippen LogP contribution in [0.5, 0.6) is 11.5 Å². The molecule has 0 N–H and O–H groups in total. The van der Waals surface area contributed by atoms with Crippen molar-refractivity contribution in [2.45, 2.75) is 25.4 Å². The number of carbonyl (C=O) groups is 3. The molecule has 2 amide bonds. The molecule has 1 fully saturated rings. The summed E-state index contributed by atoms with van der Waals surface area (Å²) >= 11 is 0. The molecule has 0 radical (unpaired) electrons. The third-order valence-corrected chi connectivity index (χ3v) is 5.05. The first-order valence-electron chi connectivity index (χ1n) is 10.1. The molecule has 1 heterocycles. The van der Waals surface area contributed by atoms with E-state index in [9.17, 15) is 18.8 Å². The molecule has 168 valence electrons. The van der Waals surface area contributed by atoms with Crippen molar-refractivity contribution in [2.24, 2.45) is 0 Å². The van der Waals surface area contributed by atoms with Crippen molar-refractivity contribution >= 4 is 23.9 Å². The number of amides is 2. The Morgan fingerprint density at radius 3 is 2.44 bits per heavy atom. The fourth-order valence-electron chi connectivity index (χ4n) is 3.37. The Morgan fingerprint density at radius 2 is 1.75 bits per heavy atom. The number of halogens is 1. The van der Waals surface area contributed by atoms with Gasteiger partial charge in [-0.1, -0.05) is 6.07 Å². The number of ether oxygens (including phenoxy) is 3. The molecule has 0 aliphatic carbocycles. The summed E-state index contributed by atoms with van der Waals surface area (Å²) in [7, 11) is 3.04. The van der Waals surface area contributed by atoms with Crippen LogP contribution in [0.1, 0.15) is 35.2 Å². The molecule has 0 aromatic heterocycles. The number of hydrogen-bond acceptors (Lipinski definition) is 6. The van der Waals surface area contributed by atoms with E-state index in [-0.39, 0.29) is 12.1 Å². The van der Waals surface area contributed by atoms with Crippen LogP contribution >= 0.6 is 0 Å². The van der Waals surface area contributed by atoms with Crippen LogP contribution in [0, 0.1) is 5.82 Å². The normalized spacial score (nSPS) is 16.5. The van der Waals surface area contributed by atoms with Crippen LogP contribution in [0.3, 0.4) is 0 Å². The highest BCUT2D eigenvalue weighted by Gasteiger charge is 2.33. The predicted octanol–water partition coefficient (Wildman–Crippen LogP) is 3.62. The molecule has 2 aromatic rings. The van der Waals surface area contributed by atoms with Crippen molar-refractivity contribution in [3.8, 4) is 11.5 Å². The van der Waals surface area contributed by atoms with Crippen molar-refractivity contribution in [1.82, 2.24) is 4.90 Å². The topological polar surface area (TPSA) is 82.1 Å². The minimum Gasteiger partial charge on any atom is -0.493 e. The molecule has 0 saturated carbocycles. The first-order valence-corrected chi connectivity index (χ1v) is 10.1.